The van der Waals surface area contributed by atoms with E-state index in [1.54, 1.807) is 6.92 Å². The molecule has 88 valence electrons. The molecule has 0 amide bonds. The molecular formula is C10H10BClF3KO. The molecule has 0 aliphatic heterocycles. The third-order valence-corrected chi connectivity index (χ3v) is 2.26. The Labute approximate surface area is 146 Å². The van der Waals surface area contributed by atoms with Crippen molar-refractivity contribution in [2.24, 2.45) is 0 Å². The Balaban J connectivity index is 0.00000256. The second kappa shape index (κ2) is 7.86. The Bertz CT molecular complexity index is 395. The van der Waals surface area contributed by atoms with E-state index in [9.17, 15) is 12.9 Å². The number of halogens is 4. The van der Waals surface area contributed by atoms with Crippen LogP contribution in [0.5, 0.6) is 5.75 Å². The van der Waals surface area contributed by atoms with Gasteiger partial charge < -0.3 is 17.7 Å². The Morgan fingerprint density at radius 1 is 1.41 bits per heavy atom. The Morgan fingerprint density at radius 2 is 2.06 bits per heavy atom. The molecule has 1 rings (SSSR count). The van der Waals surface area contributed by atoms with Gasteiger partial charge >= 0.3 is 58.4 Å². The van der Waals surface area contributed by atoms with Crippen molar-refractivity contribution < 1.29 is 69.1 Å². The first-order chi connectivity index (χ1) is 7.43. The van der Waals surface area contributed by atoms with Gasteiger partial charge in [-0.2, -0.15) is 0 Å². The Morgan fingerprint density at radius 3 is 2.59 bits per heavy atom. The minimum absolute atomic E-state index is 0. The first-order valence-electron chi connectivity index (χ1n) is 4.62. The molecule has 1 aromatic carbocycles. The summed E-state index contributed by atoms with van der Waals surface area (Å²) in [5.41, 5.74) is 1.41. The van der Waals surface area contributed by atoms with Gasteiger partial charge in [0.1, 0.15) is 12.4 Å². The second-order valence-electron chi connectivity index (χ2n) is 3.39. The fourth-order valence-electron chi connectivity index (χ4n) is 1.04. The van der Waals surface area contributed by atoms with Crippen molar-refractivity contribution in [3.63, 3.8) is 0 Å². The fraction of sp³-hybridized carbons (Fsp3) is 0.200. The van der Waals surface area contributed by atoms with Crippen LogP contribution in [0.4, 0.5) is 12.9 Å². The van der Waals surface area contributed by atoms with E-state index in [-0.39, 0.29) is 63.7 Å². The molecule has 0 unspecified atom stereocenters. The molecule has 0 saturated carbocycles. The first kappa shape index (κ1) is 17.5. The topological polar surface area (TPSA) is 9.23 Å². The van der Waals surface area contributed by atoms with Gasteiger partial charge in [0.15, 0.2) is 0 Å². The van der Waals surface area contributed by atoms with E-state index in [2.05, 4.69) is 0 Å². The summed E-state index contributed by atoms with van der Waals surface area (Å²) < 4.78 is 42.4. The molecule has 1 aromatic rings. The van der Waals surface area contributed by atoms with Crippen LogP contribution in [0.2, 0.25) is 0 Å². The fourth-order valence-corrected chi connectivity index (χ4v) is 1.10. The SMILES string of the molecule is C/C(=C/Cl)COc1cccc([B-](F)(F)F)c1.[K+]. The summed E-state index contributed by atoms with van der Waals surface area (Å²) in [4.78, 5) is 0. The van der Waals surface area contributed by atoms with Crippen molar-refractivity contribution in [1.29, 1.82) is 0 Å². The van der Waals surface area contributed by atoms with Crippen molar-refractivity contribution in [2.45, 2.75) is 6.92 Å². The van der Waals surface area contributed by atoms with Crippen LogP contribution in [0.25, 0.3) is 0 Å². The Hall–Kier alpha value is 0.541. The average Bonchev–Trinajstić information content (AvgIpc) is 2.25. The smallest absolute Gasteiger partial charge is 0.489 e. The number of benzene rings is 1. The van der Waals surface area contributed by atoms with E-state index in [1.165, 1.54) is 17.7 Å². The molecule has 0 radical (unpaired) electrons. The zero-order chi connectivity index (χ0) is 12.2. The molecule has 0 fully saturated rings. The third kappa shape index (κ3) is 6.31. The molecule has 0 spiro atoms. The largest absolute Gasteiger partial charge is 1.00 e. The van der Waals surface area contributed by atoms with Gasteiger partial charge in [0.25, 0.3) is 0 Å². The predicted molar refractivity (Wildman–Crippen MR) is 60.3 cm³/mol. The normalized spacial score (nSPS) is 11.9. The predicted octanol–water partition coefficient (Wildman–Crippen LogP) is 0.266. The molecule has 0 saturated heterocycles. The number of ether oxygens (including phenoxy) is 1. The van der Waals surface area contributed by atoms with Crippen LogP contribution in [-0.4, -0.2) is 13.6 Å². The van der Waals surface area contributed by atoms with Gasteiger partial charge in [-0.25, -0.2) is 0 Å². The number of hydrogen-bond acceptors (Lipinski definition) is 1. The van der Waals surface area contributed by atoms with Crippen LogP contribution < -0.4 is 61.6 Å². The molecule has 0 aromatic heterocycles. The Kier molecular flexibility index (Phi) is 8.11. The van der Waals surface area contributed by atoms with Gasteiger partial charge in [0.2, 0.25) is 0 Å². The van der Waals surface area contributed by atoms with Gasteiger partial charge in [0, 0.05) is 5.54 Å². The second-order valence-corrected chi connectivity index (χ2v) is 3.61. The van der Waals surface area contributed by atoms with E-state index in [0.717, 1.165) is 17.7 Å². The third-order valence-electron chi connectivity index (χ3n) is 1.89. The molecule has 0 bridgehead atoms. The molecule has 0 heterocycles. The maximum Gasteiger partial charge on any atom is 1.00 e. The average molecular weight is 289 g/mol. The molecular weight excluding hydrogens is 278 g/mol. The molecule has 0 aliphatic carbocycles. The van der Waals surface area contributed by atoms with E-state index < -0.39 is 12.4 Å². The standard InChI is InChI=1S/C10H10BClF3O.K/c1-8(6-12)7-16-10-4-2-3-9(5-10)11(13,14)15;/h2-6H,7H2,1H3;/q-1;+1/b8-6-;. The molecule has 0 atom stereocenters. The van der Waals surface area contributed by atoms with Crippen molar-refractivity contribution in [3.05, 3.63) is 35.4 Å². The summed E-state index contributed by atoms with van der Waals surface area (Å²) in [6, 6.07) is 4.81. The van der Waals surface area contributed by atoms with Crippen LogP contribution >= 0.6 is 11.6 Å². The van der Waals surface area contributed by atoms with Gasteiger partial charge in [-0.1, -0.05) is 23.7 Å². The summed E-state index contributed by atoms with van der Waals surface area (Å²) >= 11 is 5.40. The van der Waals surface area contributed by atoms with Gasteiger partial charge in [-0.15, -0.1) is 5.46 Å². The molecule has 0 aliphatic rings. The minimum atomic E-state index is -4.98. The van der Waals surface area contributed by atoms with E-state index >= 15 is 0 Å². The summed E-state index contributed by atoms with van der Waals surface area (Å²) in [7, 11) is 0. The maximum absolute atomic E-state index is 12.4. The summed E-state index contributed by atoms with van der Waals surface area (Å²) in [5, 5.41) is 0. The van der Waals surface area contributed by atoms with Crippen molar-refractivity contribution in [1.82, 2.24) is 0 Å². The van der Waals surface area contributed by atoms with Gasteiger partial charge in [0.05, 0.1) is 0 Å². The van der Waals surface area contributed by atoms with E-state index in [4.69, 9.17) is 16.3 Å². The van der Waals surface area contributed by atoms with Crippen LogP contribution in [0.3, 0.4) is 0 Å². The molecule has 1 nitrogen and oxygen atoms in total. The maximum atomic E-state index is 12.4. The number of hydrogen-bond donors (Lipinski definition) is 0. The van der Waals surface area contributed by atoms with Crippen LogP contribution in [0, 0.1) is 0 Å². The van der Waals surface area contributed by atoms with E-state index in [0.29, 0.717) is 0 Å². The van der Waals surface area contributed by atoms with Crippen LogP contribution in [-0.2, 0) is 0 Å². The van der Waals surface area contributed by atoms with Gasteiger partial charge in [-0.3, -0.25) is 0 Å². The van der Waals surface area contributed by atoms with Gasteiger partial charge in [-0.05, 0) is 24.6 Å². The minimum Gasteiger partial charge on any atom is -0.489 e. The zero-order valence-corrected chi connectivity index (χ0v) is 13.5. The van der Waals surface area contributed by atoms with E-state index in [1.807, 2.05) is 0 Å². The zero-order valence-electron chi connectivity index (χ0n) is 9.59. The number of rotatable bonds is 4. The summed E-state index contributed by atoms with van der Waals surface area (Å²) in [6.07, 6.45) is 0. The van der Waals surface area contributed by atoms with Crippen molar-refractivity contribution >= 4 is 24.0 Å². The molecule has 0 N–H and O–H groups in total. The quantitative estimate of drug-likeness (QED) is 0.723. The summed E-state index contributed by atoms with van der Waals surface area (Å²) in [6.45, 7) is -3.08. The first-order valence-corrected chi connectivity index (χ1v) is 5.05. The van der Waals surface area contributed by atoms with Crippen molar-refractivity contribution in [2.75, 3.05) is 6.61 Å². The summed E-state index contributed by atoms with van der Waals surface area (Å²) in [5.74, 6) is 0.189. The molecule has 7 heteroatoms. The van der Waals surface area contributed by atoms with Crippen LogP contribution in [0.15, 0.2) is 35.4 Å². The van der Waals surface area contributed by atoms with Crippen molar-refractivity contribution in [3.8, 4) is 5.75 Å². The van der Waals surface area contributed by atoms with Crippen LogP contribution in [0.1, 0.15) is 6.92 Å². The monoisotopic (exact) mass is 288 g/mol. The molecule has 17 heavy (non-hydrogen) atoms.